The number of piperidine rings is 1. The third-order valence-electron chi connectivity index (χ3n) is 5.26. The molecule has 0 aromatic heterocycles. The molecule has 1 aromatic carbocycles. The van der Waals surface area contributed by atoms with Gasteiger partial charge in [0.25, 0.3) is 5.91 Å². The summed E-state index contributed by atoms with van der Waals surface area (Å²) in [5.74, 6) is -0.350. The van der Waals surface area contributed by atoms with Crippen molar-refractivity contribution in [3.8, 4) is 0 Å². The van der Waals surface area contributed by atoms with Crippen LogP contribution in [0.25, 0.3) is 0 Å². The van der Waals surface area contributed by atoms with Gasteiger partial charge in [-0.05, 0) is 43.7 Å². The molecule has 1 N–H and O–H groups in total. The Balaban J connectivity index is 1.63. The molecule has 1 aliphatic carbocycles. The number of hydrogen-bond acceptors (Lipinski definition) is 2. The number of carboxylic acids is 1. The van der Waals surface area contributed by atoms with Crippen LogP contribution in [0.5, 0.6) is 0 Å². The largest absolute Gasteiger partial charge is 0.481 e. The fourth-order valence-electron chi connectivity index (χ4n) is 3.75. The lowest BCUT2D eigenvalue weighted by molar-refractivity contribution is -0.161. The minimum atomic E-state index is -0.637. The Labute approximate surface area is 124 Å². The van der Waals surface area contributed by atoms with Gasteiger partial charge in [-0.2, -0.15) is 0 Å². The topological polar surface area (TPSA) is 57.6 Å². The maximum absolute atomic E-state index is 12.4. The summed E-state index contributed by atoms with van der Waals surface area (Å²) in [4.78, 5) is 25.8. The van der Waals surface area contributed by atoms with Crippen LogP contribution in [0.2, 0.25) is 0 Å². The van der Waals surface area contributed by atoms with Gasteiger partial charge in [-0.1, -0.05) is 24.6 Å². The van der Waals surface area contributed by atoms with E-state index in [9.17, 15) is 14.7 Å². The summed E-state index contributed by atoms with van der Waals surface area (Å²) < 4.78 is 0. The van der Waals surface area contributed by atoms with Crippen LogP contribution >= 0.6 is 0 Å². The zero-order chi connectivity index (χ0) is 14.9. The number of carbonyl (C=O) groups excluding carboxylic acids is 1. The van der Waals surface area contributed by atoms with E-state index in [-0.39, 0.29) is 11.8 Å². The second-order valence-corrected chi connectivity index (χ2v) is 6.25. The number of amides is 1. The first-order valence-electron chi connectivity index (χ1n) is 7.71. The third-order valence-corrected chi connectivity index (χ3v) is 5.26. The Bertz CT molecular complexity index is 528. The number of hydrogen-bond donors (Lipinski definition) is 1. The van der Waals surface area contributed by atoms with E-state index >= 15 is 0 Å². The van der Waals surface area contributed by atoms with Gasteiger partial charge in [0.2, 0.25) is 0 Å². The molecule has 1 heterocycles. The fraction of sp³-hybridized carbons (Fsp3) is 0.529. The van der Waals surface area contributed by atoms with Crippen LogP contribution in [-0.4, -0.2) is 35.0 Å². The fourth-order valence-corrected chi connectivity index (χ4v) is 3.75. The van der Waals surface area contributed by atoms with Crippen molar-refractivity contribution in [3.05, 3.63) is 35.9 Å². The summed E-state index contributed by atoms with van der Waals surface area (Å²) in [6, 6.07) is 9.30. The molecule has 1 saturated heterocycles. The van der Waals surface area contributed by atoms with E-state index < -0.39 is 11.4 Å². The van der Waals surface area contributed by atoms with E-state index in [1.807, 2.05) is 35.2 Å². The molecule has 0 unspecified atom stereocenters. The van der Waals surface area contributed by atoms with E-state index in [2.05, 4.69) is 0 Å². The first kappa shape index (κ1) is 14.1. The Morgan fingerprint density at radius 3 is 2.19 bits per heavy atom. The monoisotopic (exact) mass is 287 g/mol. The lowest BCUT2D eigenvalue weighted by Crippen LogP contribution is -2.49. The summed E-state index contributed by atoms with van der Waals surface area (Å²) >= 11 is 0. The summed E-state index contributed by atoms with van der Waals surface area (Å²) in [7, 11) is 0. The van der Waals surface area contributed by atoms with Gasteiger partial charge < -0.3 is 10.0 Å². The highest BCUT2D eigenvalue weighted by Crippen LogP contribution is 2.50. The summed E-state index contributed by atoms with van der Waals surface area (Å²) in [5, 5.41) is 9.51. The SMILES string of the molecule is O=C(c1ccccc1)N1CCC(C2(C(=O)O)CCC2)CC1. The summed E-state index contributed by atoms with van der Waals surface area (Å²) in [6.45, 7) is 1.35. The molecule has 1 aliphatic heterocycles. The normalized spacial score (nSPS) is 21.6. The van der Waals surface area contributed by atoms with Crippen molar-refractivity contribution in [3.63, 3.8) is 0 Å². The lowest BCUT2D eigenvalue weighted by Gasteiger charge is -2.47. The average Bonchev–Trinajstić information content (AvgIpc) is 2.47. The smallest absolute Gasteiger partial charge is 0.309 e. The average molecular weight is 287 g/mol. The van der Waals surface area contributed by atoms with Gasteiger partial charge in [0.05, 0.1) is 5.41 Å². The molecule has 4 nitrogen and oxygen atoms in total. The second-order valence-electron chi connectivity index (χ2n) is 6.25. The molecule has 0 bridgehead atoms. The predicted octanol–water partition coefficient (Wildman–Crippen LogP) is 2.79. The zero-order valence-corrected chi connectivity index (χ0v) is 12.1. The molecule has 4 heteroatoms. The number of nitrogens with zero attached hydrogens (tertiary/aromatic N) is 1. The molecular weight excluding hydrogens is 266 g/mol. The minimum absolute atomic E-state index is 0.0621. The number of rotatable bonds is 3. The predicted molar refractivity (Wildman–Crippen MR) is 79.0 cm³/mol. The maximum atomic E-state index is 12.4. The molecule has 0 atom stereocenters. The number of likely N-dealkylation sites (tertiary alicyclic amines) is 1. The van der Waals surface area contributed by atoms with Gasteiger partial charge in [-0.3, -0.25) is 9.59 Å². The molecule has 3 rings (SSSR count). The van der Waals surface area contributed by atoms with E-state index in [0.717, 1.165) is 32.1 Å². The van der Waals surface area contributed by atoms with Gasteiger partial charge in [-0.25, -0.2) is 0 Å². The third kappa shape index (κ3) is 2.43. The molecule has 0 spiro atoms. The summed E-state index contributed by atoms with van der Waals surface area (Å²) in [5.41, 5.74) is 0.217. The molecule has 2 aliphatic rings. The van der Waals surface area contributed by atoms with Crippen molar-refractivity contribution in [2.45, 2.75) is 32.1 Å². The van der Waals surface area contributed by atoms with Crippen LogP contribution < -0.4 is 0 Å². The number of carbonyl (C=O) groups is 2. The van der Waals surface area contributed by atoms with E-state index in [4.69, 9.17) is 0 Å². The Morgan fingerprint density at radius 2 is 1.71 bits per heavy atom. The van der Waals surface area contributed by atoms with Crippen LogP contribution in [0.1, 0.15) is 42.5 Å². The highest BCUT2D eigenvalue weighted by atomic mass is 16.4. The van der Waals surface area contributed by atoms with Crippen LogP contribution in [0.15, 0.2) is 30.3 Å². The van der Waals surface area contributed by atoms with Gasteiger partial charge in [-0.15, -0.1) is 0 Å². The quantitative estimate of drug-likeness (QED) is 0.930. The molecule has 112 valence electrons. The molecule has 21 heavy (non-hydrogen) atoms. The van der Waals surface area contributed by atoms with Crippen molar-refractivity contribution in [2.24, 2.45) is 11.3 Å². The van der Waals surface area contributed by atoms with Crippen molar-refractivity contribution in [1.29, 1.82) is 0 Å². The zero-order valence-electron chi connectivity index (χ0n) is 12.1. The Morgan fingerprint density at radius 1 is 1.10 bits per heavy atom. The van der Waals surface area contributed by atoms with Crippen LogP contribution in [0.4, 0.5) is 0 Å². The van der Waals surface area contributed by atoms with Crippen LogP contribution in [-0.2, 0) is 4.79 Å². The molecular formula is C17H21NO3. The minimum Gasteiger partial charge on any atom is -0.481 e. The van der Waals surface area contributed by atoms with Crippen LogP contribution in [0.3, 0.4) is 0 Å². The van der Waals surface area contributed by atoms with E-state index in [0.29, 0.717) is 18.7 Å². The van der Waals surface area contributed by atoms with Gasteiger partial charge in [0, 0.05) is 18.7 Å². The molecule has 1 amide bonds. The van der Waals surface area contributed by atoms with Gasteiger partial charge in [0.15, 0.2) is 0 Å². The van der Waals surface area contributed by atoms with Crippen molar-refractivity contribution in [1.82, 2.24) is 4.90 Å². The molecule has 1 saturated carbocycles. The van der Waals surface area contributed by atoms with Crippen molar-refractivity contribution >= 4 is 11.9 Å². The van der Waals surface area contributed by atoms with E-state index in [1.54, 1.807) is 0 Å². The highest BCUT2D eigenvalue weighted by molar-refractivity contribution is 5.94. The number of carboxylic acid groups (broad SMARTS) is 1. The van der Waals surface area contributed by atoms with Crippen LogP contribution in [0, 0.1) is 11.3 Å². The first-order valence-corrected chi connectivity index (χ1v) is 7.71. The highest BCUT2D eigenvalue weighted by Gasteiger charge is 2.51. The maximum Gasteiger partial charge on any atom is 0.309 e. The first-order chi connectivity index (χ1) is 10.1. The Kier molecular flexibility index (Phi) is 3.70. The standard InChI is InChI=1S/C17H21NO3/c19-15(13-5-2-1-3-6-13)18-11-7-14(8-12-18)17(16(20)21)9-4-10-17/h1-3,5-6,14H,4,7-12H2,(H,20,21). The van der Waals surface area contributed by atoms with Gasteiger partial charge in [0.1, 0.15) is 0 Å². The summed E-state index contributed by atoms with van der Waals surface area (Å²) in [6.07, 6.45) is 4.25. The molecule has 0 radical (unpaired) electrons. The van der Waals surface area contributed by atoms with E-state index in [1.165, 1.54) is 0 Å². The van der Waals surface area contributed by atoms with Crippen molar-refractivity contribution < 1.29 is 14.7 Å². The molecule has 2 fully saturated rings. The number of benzene rings is 1. The number of aliphatic carboxylic acids is 1. The lowest BCUT2D eigenvalue weighted by atomic mass is 9.58. The molecule has 1 aromatic rings. The van der Waals surface area contributed by atoms with Gasteiger partial charge >= 0.3 is 5.97 Å². The second kappa shape index (κ2) is 5.51. The van der Waals surface area contributed by atoms with Crippen molar-refractivity contribution in [2.75, 3.05) is 13.1 Å². The Hall–Kier alpha value is -1.84.